The minimum absolute atomic E-state index is 0.0342. The smallest absolute Gasteiger partial charge is 0.333 e. The van der Waals surface area contributed by atoms with Gasteiger partial charge in [0.1, 0.15) is 16.7 Å². The van der Waals surface area contributed by atoms with Crippen molar-refractivity contribution < 1.29 is 8.83 Å². The Morgan fingerprint density at radius 2 is 1.25 bits per heavy atom. The summed E-state index contributed by atoms with van der Waals surface area (Å²) in [5.41, 5.74) is 19.0. The lowest BCUT2D eigenvalue weighted by atomic mass is 9.43. The van der Waals surface area contributed by atoms with E-state index in [1.807, 2.05) is 11.8 Å². The Kier molecular flexibility index (Phi) is 6.09. The number of benzene rings is 7. The molecule has 6 heteroatoms. The standard InChI is InChI=1S/C51H39BN2O2S/c1-28-23-35-36(51(4,5)22-21-50(35,2)3)26-39(28)53-40-27-43-32(29-13-6-9-17-41(29)55-43)25-37(40)52-46-33(24-34-30-14-7-10-18-42(30)56-49(34)48(46)53)31-15-12-20-45-47(31)54(52)38-16-8-11-19-44(38)57-45/h6-20,23-27H,21-22H2,1-5H3. The van der Waals surface area contributed by atoms with Crippen LogP contribution in [-0.2, 0) is 10.8 Å². The number of anilines is 5. The number of aryl methyl sites for hydroxylation is 1. The third kappa shape index (κ3) is 4.11. The molecule has 0 N–H and O–H groups in total. The summed E-state index contributed by atoms with van der Waals surface area (Å²) in [5.74, 6) is 0. The summed E-state index contributed by atoms with van der Waals surface area (Å²) in [6, 6.07) is 45.1. The van der Waals surface area contributed by atoms with E-state index in [-0.39, 0.29) is 17.7 Å². The van der Waals surface area contributed by atoms with E-state index in [1.54, 1.807) is 0 Å². The highest BCUT2D eigenvalue weighted by atomic mass is 32.2. The fourth-order valence-corrected chi connectivity index (χ4v) is 11.9. The second-order valence-corrected chi connectivity index (χ2v) is 19.0. The molecular formula is C51H39BN2O2S. The van der Waals surface area contributed by atoms with Gasteiger partial charge in [0.25, 0.3) is 0 Å². The van der Waals surface area contributed by atoms with Crippen molar-refractivity contribution in [2.24, 2.45) is 0 Å². The van der Waals surface area contributed by atoms with Crippen molar-refractivity contribution in [3.63, 3.8) is 0 Å². The summed E-state index contributed by atoms with van der Waals surface area (Å²) >= 11 is 1.88. The highest BCUT2D eigenvalue weighted by Gasteiger charge is 2.49. The first-order chi connectivity index (χ1) is 27.7. The fourth-order valence-electron chi connectivity index (χ4n) is 10.8. The predicted molar refractivity (Wildman–Crippen MR) is 239 cm³/mol. The molecule has 0 amide bonds. The molecule has 0 saturated carbocycles. The van der Waals surface area contributed by atoms with Crippen LogP contribution in [0.4, 0.5) is 28.4 Å². The number of fused-ring (bicyclic) bond motifs is 14. The Morgan fingerprint density at radius 1 is 0.561 bits per heavy atom. The van der Waals surface area contributed by atoms with Crippen LogP contribution >= 0.6 is 11.8 Å². The van der Waals surface area contributed by atoms with E-state index in [0.29, 0.717) is 0 Å². The topological polar surface area (TPSA) is 32.8 Å². The van der Waals surface area contributed by atoms with Crippen LogP contribution in [-0.4, -0.2) is 6.85 Å². The van der Waals surface area contributed by atoms with E-state index < -0.39 is 0 Å². The van der Waals surface area contributed by atoms with E-state index in [2.05, 4.69) is 166 Å². The summed E-state index contributed by atoms with van der Waals surface area (Å²) in [6.07, 6.45) is 2.32. The van der Waals surface area contributed by atoms with Crippen molar-refractivity contribution in [1.29, 1.82) is 0 Å². The van der Waals surface area contributed by atoms with Gasteiger partial charge in [-0.2, -0.15) is 0 Å². The molecule has 0 unspecified atom stereocenters. The first-order valence-electron chi connectivity index (χ1n) is 20.2. The molecule has 0 spiro atoms. The summed E-state index contributed by atoms with van der Waals surface area (Å²) in [4.78, 5) is 7.76. The first-order valence-corrected chi connectivity index (χ1v) is 21.1. The average molecular weight is 755 g/mol. The second-order valence-electron chi connectivity index (χ2n) is 17.9. The van der Waals surface area contributed by atoms with E-state index in [9.17, 15) is 0 Å². The van der Waals surface area contributed by atoms with E-state index in [4.69, 9.17) is 8.83 Å². The van der Waals surface area contributed by atoms with E-state index in [1.165, 1.54) is 72.0 Å². The normalized spacial score (nSPS) is 16.8. The number of hydrogen-bond donors (Lipinski definition) is 0. The molecule has 0 saturated heterocycles. The lowest BCUT2D eigenvalue weighted by molar-refractivity contribution is 0.332. The quantitative estimate of drug-likeness (QED) is 0.156. The van der Waals surface area contributed by atoms with Crippen LogP contribution in [0.3, 0.4) is 0 Å². The van der Waals surface area contributed by atoms with Crippen LogP contribution in [0, 0.1) is 6.92 Å². The Hall–Kier alpha value is -5.85. The third-order valence-corrected chi connectivity index (χ3v) is 14.9. The molecule has 57 heavy (non-hydrogen) atoms. The number of rotatable bonds is 1. The van der Waals surface area contributed by atoms with Gasteiger partial charge in [-0.3, -0.25) is 0 Å². The molecule has 274 valence electrons. The fraction of sp³-hybridized carbons (Fsp3) is 0.176. The molecule has 13 rings (SSSR count). The first kappa shape index (κ1) is 32.3. The highest BCUT2D eigenvalue weighted by molar-refractivity contribution is 7.99. The van der Waals surface area contributed by atoms with Crippen molar-refractivity contribution in [3.05, 3.63) is 138 Å². The van der Waals surface area contributed by atoms with Crippen LogP contribution < -0.4 is 20.6 Å². The maximum Gasteiger partial charge on any atom is 0.333 e. The van der Waals surface area contributed by atoms with Gasteiger partial charge < -0.3 is 18.5 Å². The van der Waals surface area contributed by atoms with Gasteiger partial charge in [0, 0.05) is 60.0 Å². The largest absolute Gasteiger partial charge is 0.456 e. The zero-order valence-electron chi connectivity index (χ0n) is 32.7. The van der Waals surface area contributed by atoms with Crippen LogP contribution in [0.1, 0.15) is 57.2 Å². The molecule has 4 aliphatic rings. The summed E-state index contributed by atoms with van der Waals surface area (Å²) in [6.45, 7) is 11.9. The minimum Gasteiger partial charge on any atom is -0.456 e. The van der Waals surface area contributed by atoms with Crippen molar-refractivity contribution in [3.8, 4) is 11.1 Å². The van der Waals surface area contributed by atoms with Gasteiger partial charge in [-0.15, -0.1) is 0 Å². The molecule has 0 radical (unpaired) electrons. The van der Waals surface area contributed by atoms with E-state index >= 15 is 0 Å². The van der Waals surface area contributed by atoms with Crippen LogP contribution in [0.5, 0.6) is 0 Å². The van der Waals surface area contributed by atoms with Crippen LogP contribution in [0.25, 0.3) is 55.0 Å². The van der Waals surface area contributed by atoms with Gasteiger partial charge >= 0.3 is 6.85 Å². The summed E-state index contributed by atoms with van der Waals surface area (Å²) in [7, 11) is 0. The van der Waals surface area contributed by atoms with Gasteiger partial charge in [-0.25, -0.2) is 0 Å². The van der Waals surface area contributed by atoms with Crippen molar-refractivity contribution in [2.75, 3.05) is 9.71 Å². The van der Waals surface area contributed by atoms with Gasteiger partial charge in [-0.05, 0) is 106 Å². The molecule has 4 nitrogen and oxygen atoms in total. The van der Waals surface area contributed by atoms with Crippen molar-refractivity contribution in [2.45, 2.75) is 68.1 Å². The third-order valence-electron chi connectivity index (χ3n) is 13.8. The highest BCUT2D eigenvalue weighted by Crippen LogP contribution is 2.58. The Balaban J connectivity index is 1.24. The molecule has 2 aromatic heterocycles. The molecule has 5 heterocycles. The lowest BCUT2D eigenvalue weighted by Crippen LogP contribution is -2.62. The summed E-state index contributed by atoms with van der Waals surface area (Å²) < 4.78 is 13.9. The van der Waals surface area contributed by atoms with Crippen molar-refractivity contribution in [1.82, 2.24) is 0 Å². The van der Waals surface area contributed by atoms with E-state index in [0.717, 1.165) is 61.7 Å². The maximum atomic E-state index is 7.13. The molecule has 0 bridgehead atoms. The minimum atomic E-state index is -0.124. The van der Waals surface area contributed by atoms with Crippen molar-refractivity contribution >= 4 is 102 Å². The molecule has 9 aromatic rings. The second kappa shape index (κ2) is 10.8. The molecule has 3 aliphatic heterocycles. The molecule has 7 aromatic carbocycles. The van der Waals surface area contributed by atoms with Gasteiger partial charge in [0.15, 0.2) is 5.58 Å². The monoisotopic (exact) mass is 754 g/mol. The number of para-hydroxylation sites is 4. The maximum absolute atomic E-state index is 7.13. The average Bonchev–Trinajstić information content (AvgIpc) is 3.78. The van der Waals surface area contributed by atoms with Gasteiger partial charge in [0.05, 0.1) is 11.4 Å². The van der Waals surface area contributed by atoms with Crippen LogP contribution in [0.15, 0.2) is 140 Å². The Bertz CT molecular complexity index is 3280. The molecular weight excluding hydrogens is 715 g/mol. The zero-order valence-corrected chi connectivity index (χ0v) is 33.5. The Morgan fingerprint density at radius 3 is 2.05 bits per heavy atom. The van der Waals surface area contributed by atoms with Gasteiger partial charge in [-0.1, -0.05) is 112 Å². The van der Waals surface area contributed by atoms with Gasteiger partial charge in [0.2, 0.25) is 0 Å². The number of hydrogen-bond acceptors (Lipinski definition) is 5. The zero-order chi connectivity index (χ0) is 38.1. The van der Waals surface area contributed by atoms with Crippen LogP contribution in [0.2, 0.25) is 0 Å². The number of nitrogens with zero attached hydrogens (tertiary/aromatic N) is 2. The summed E-state index contributed by atoms with van der Waals surface area (Å²) in [5, 5.41) is 4.56. The lowest BCUT2D eigenvalue weighted by Gasteiger charge is -2.48. The Labute approximate surface area is 336 Å². The molecule has 1 aliphatic carbocycles. The number of furan rings is 2. The molecule has 0 fully saturated rings. The molecule has 0 atom stereocenters. The SMILES string of the molecule is Cc1cc2c(cc1N1c3cc4oc5ccccc5c4cc3B3c4c(cc5c(oc6ccccc65)c41)-c1cccc4c1N3c1ccccc1S4)C(C)(C)CCC2(C)C. The predicted octanol–water partition coefficient (Wildman–Crippen LogP) is 13.3.